The highest BCUT2D eigenvalue weighted by molar-refractivity contribution is 6.04. The second-order valence-electron chi connectivity index (χ2n) is 6.21. The number of carbonyl (C=O) groups is 2. The van der Waals surface area contributed by atoms with Crippen molar-refractivity contribution < 1.29 is 24.5 Å². The first-order chi connectivity index (χ1) is 13.0. The van der Waals surface area contributed by atoms with Gasteiger partial charge >= 0.3 is 5.97 Å². The minimum absolute atomic E-state index is 0.0296. The molecule has 1 unspecified atom stereocenters. The predicted molar refractivity (Wildman–Crippen MR) is 97.1 cm³/mol. The number of ketones is 1. The largest absolute Gasteiger partial charge is 0.478 e. The number of aromatic carboxylic acids is 1. The van der Waals surface area contributed by atoms with Gasteiger partial charge in [-0.3, -0.25) is 4.79 Å². The van der Waals surface area contributed by atoms with Gasteiger partial charge in [0.05, 0.1) is 17.4 Å². The van der Waals surface area contributed by atoms with Crippen LogP contribution in [0.25, 0.3) is 11.3 Å². The molecular weight excluding hydrogens is 346 g/mol. The molecule has 2 N–H and O–H groups in total. The number of hydrogen-bond donors (Lipinski definition) is 2. The van der Waals surface area contributed by atoms with Crippen LogP contribution in [0, 0.1) is 0 Å². The standard InChI is InChI=1S/C21H15NO5/c23-17-11-18(24)20-19(17)15(21(25)26)10-16(22-20)12-6-8-14(9-7-12)27-13-4-2-1-3-5-13/h1-10,17,23H,11H2,(H,25,26). The summed E-state index contributed by atoms with van der Waals surface area (Å²) >= 11 is 0. The smallest absolute Gasteiger partial charge is 0.336 e. The molecule has 6 heteroatoms. The Morgan fingerprint density at radius 1 is 1.04 bits per heavy atom. The summed E-state index contributed by atoms with van der Waals surface area (Å²) in [4.78, 5) is 27.9. The molecule has 1 aliphatic rings. The number of aromatic nitrogens is 1. The Balaban J connectivity index is 1.70. The molecule has 4 rings (SSSR count). The maximum absolute atomic E-state index is 12.1. The number of hydrogen-bond acceptors (Lipinski definition) is 5. The molecule has 6 nitrogen and oxygen atoms in total. The van der Waals surface area contributed by atoms with Crippen LogP contribution in [0.15, 0.2) is 60.7 Å². The van der Waals surface area contributed by atoms with Crippen molar-refractivity contribution >= 4 is 11.8 Å². The average Bonchev–Trinajstić information content (AvgIpc) is 2.96. The number of Topliss-reactive ketones (excluding diaryl/α,β-unsaturated/α-hetero) is 1. The van der Waals surface area contributed by atoms with E-state index in [1.54, 1.807) is 24.3 Å². The lowest BCUT2D eigenvalue weighted by Gasteiger charge is -2.10. The van der Waals surface area contributed by atoms with Crippen LogP contribution in [0.3, 0.4) is 0 Å². The number of nitrogens with zero attached hydrogens (tertiary/aromatic N) is 1. The number of ether oxygens (including phenoxy) is 1. The predicted octanol–water partition coefficient (Wildman–Crippen LogP) is 3.86. The Kier molecular flexibility index (Phi) is 4.18. The number of carboxylic acid groups (broad SMARTS) is 1. The Labute approximate surface area is 154 Å². The minimum atomic E-state index is -1.20. The van der Waals surface area contributed by atoms with Crippen LogP contribution >= 0.6 is 0 Å². The van der Waals surface area contributed by atoms with Gasteiger partial charge in [-0.25, -0.2) is 9.78 Å². The van der Waals surface area contributed by atoms with Crippen molar-refractivity contribution in [1.82, 2.24) is 4.98 Å². The average molecular weight is 361 g/mol. The van der Waals surface area contributed by atoms with Crippen LogP contribution in [0.2, 0.25) is 0 Å². The third-order valence-electron chi connectivity index (χ3n) is 4.39. The van der Waals surface area contributed by atoms with Gasteiger partial charge in [-0.15, -0.1) is 0 Å². The SMILES string of the molecule is O=C(O)c1cc(-c2ccc(Oc3ccccc3)cc2)nc2c1C(O)CC2=O. The number of aliphatic hydroxyl groups is 1. The summed E-state index contributed by atoms with van der Waals surface area (Å²) in [5.74, 6) is -0.233. The van der Waals surface area contributed by atoms with Crippen LogP contribution in [0.1, 0.15) is 38.9 Å². The highest BCUT2D eigenvalue weighted by Gasteiger charge is 2.34. The fourth-order valence-electron chi connectivity index (χ4n) is 3.12. The molecule has 1 heterocycles. The molecule has 3 aromatic rings. The van der Waals surface area contributed by atoms with Crippen molar-refractivity contribution in [2.45, 2.75) is 12.5 Å². The number of rotatable bonds is 4. The lowest BCUT2D eigenvalue weighted by molar-refractivity contribution is 0.0688. The molecular formula is C21H15NO5. The summed E-state index contributed by atoms with van der Waals surface area (Å²) in [5.41, 5.74) is 1.04. The summed E-state index contributed by atoms with van der Waals surface area (Å²) in [6.45, 7) is 0. The van der Waals surface area contributed by atoms with Crippen molar-refractivity contribution in [3.8, 4) is 22.8 Å². The van der Waals surface area contributed by atoms with Crippen LogP contribution in [0.4, 0.5) is 0 Å². The normalized spacial score (nSPS) is 15.4. The molecule has 1 atom stereocenters. The van der Waals surface area contributed by atoms with Gasteiger partial charge in [-0.05, 0) is 42.5 Å². The van der Waals surface area contributed by atoms with Gasteiger partial charge in [0.1, 0.15) is 17.2 Å². The van der Waals surface area contributed by atoms with Gasteiger partial charge in [0, 0.05) is 17.5 Å². The molecule has 0 radical (unpaired) electrons. The maximum atomic E-state index is 12.1. The fraction of sp³-hybridized carbons (Fsp3) is 0.0952. The van der Waals surface area contributed by atoms with E-state index >= 15 is 0 Å². The summed E-state index contributed by atoms with van der Waals surface area (Å²) in [6.07, 6.45) is -1.27. The Bertz CT molecular complexity index is 1030. The Morgan fingerprint density at radius 3 is 2.37 bits per heavy atom. The number of para-hydroxylation sites is 1. The van der Waals surface area contributed by atoms with Crippen molar-refractivity contribution in [2.75, 3.05) is 0 Å². The number of benzene rings is 2. The Morgan fingerprint density at radius 2 is 1.70 bits per heavy atom. The lowest BCUT2D eigenvalue weighted by atomic mass is 10.0. The quantitative estimate of drug-likeness (QED) is 0.732. The molecule has 27 heavy (non-hydrogen) atoms. The van der Waals surface area contributed by atoms with Gasteiger partial charge in [-0.1, -0.05) is 18.2 Å². The van der Waals surface area contributed by atoms with E-state index < -0.39 is 12.1 Å². The number of carboxylic acids is 1. The van der Waals surface area contributed by atoms with E-state index in [9.17, 15) is 19.8 Å². The van der Waals surface area contributed by atoms with E-state index in [4.69, 9.17) is 4.74 Å². The van der Waals surface area contributed by atoms with E-state index in [1.165, 1.54) is 6.07 Å². The zero-order valence-corrected chi connectivity index (χ0v) is 14.1. The number of aliphatic hydroxyl groups excluding tert-OH is 1. The van der Waals surface area contributed by atoms with Crippen molar-refractivity contribution in [3.05, 3.63) is 77.5 Å². The second kappa shape index (κ2) is 6.66. The molecule has 0 bridgehead atoms. The monoisotopic (exact) mass is 361 g/mol. The van der Waals surface area contributed by atoms with Gasteiger partial charge in [0.15, 0.2) is 5.78 Å². The van der Waals surface area contributed by atoms with E-state index in [1.807, 2.05) is 30.3 Å². The number of carbonyl (C=O) groups excluding carboxylic acids is 1. The minimum Gasteiger partial charge on any atom is -0.478 e. The van der Waals surface area contributed by atoms with Crippen LogP contribution in [-0.2, 0) is 0 Å². The van der Waals surface area contributed by atoms with Gasteiger partial charge in [-0.2, -0.15) is 0 Å². The maximum Gasteiger partial charge on any atom is 0.336 e. The van der Waals surface area contributed by atoms with Crippen LogP contribution in [-0.4, -0.2) is 26.9 Å². The summed E-state index contributed by atoms with van der Waals surface area (Å²) in [7, 11) is 0. The first kappa shape index (κ1) is 16.9. The summed E-state index contributed by atoms with van der Waals surface area (Å²) < 4.78 is 5.73. The van der Waals surface area contributed by atoms with Gasteiger partial charge in [0.25, 0.3) is 0 Å². The van der Waals surface area contributed by atoms with E-state index in [0.29, 0.717) is 22.8 Å². The molecule has 1 aliphatic carbocycles. The molecule has 134 valence electrons. The summed E-state index contributed by atoms with van der Waals surface area (Å²) in [5, 5.41) is 19.4. The molecule has 0 fully saturated rings. The third-order valence-corrected chi connectivity index (χ3v) is 4.39. The Hall–Kier alpha value is -3.51. The molecule has 0 aliphatic heterocycles. The molecule has 0 saturated carbocycles. The molecule has 1 aromatic heterocycles. The summed E-state index contributed by atoms with van der Waals surface area (Å²) in [6, 6.07) is 17.7. The van der Waals surface area contributed by atoms with Gasteiger partial charge < -0.3 is 14.9 Å². The van der Waals surface area contributed by atoms with E-state index in [-0.39, 0.29) is 29.0 Å². The molecule has 2 aromatic carbocycles. The fourth-order valence-corrected chi connectivity index (χ4v) is 3.12. The van der Waals surface area contributed by atoms with Crippen LogP contribution in [0.5, 0.6) is 11.5 Å². The van der Waals surface area contributed by atoms with Crippen molar-refractivity contribution in [1.29, 1.82) is 0 Å². The molecule has 0 amide bonds. The van der Waals surface area contributed by atoms with E-state index in [2.05, 4.69) is 4.98 Å². The zero-order valence-electron chi connectivity index (χ0n) is 14.1. The highest BCUT2D eigenvalue weighted by Crippen LogP contribution is 2.35. The molecule has 0 spiro atoms. The number of fused-ring (bicyclic) bond motifs is 1. The lowest BCUT2D eigenvalue weighted by Crippen LogP contribution is -2.08. The first-order valence-corrected chi connectivity index (χ1v) is 8.36. The highest BCUT2D eigenvalue weighted by atomic mass is 16.5. The second-order valence-corrected chi connectivity index (χ2v) is 6.21. The van der Waals surface area contributed by atoms with Gasteiger partial charge in [0.2, 0.25) is 0 Å². The zero-order chi connectivity index (χ0) is 19.0. The van der Waals surface area contributed by atoms with Crippen molar-refractivity contribution in [3.63, 3.8) is 0 Å². The van der Waals surface area contributed by atoms with Crippen LogP contribution < -0.4 is 4.74 Å². The first-order valence-electron chi connectivity index (χ1n) is 8.36. The topological polar surface area (TPSA) is 96.7 Å². The molecule has 0 saturated heterocycles. The third kappa shape index (κ3) is 3.18. The van der Waals surface area contributed by atoms with Crippen molar-refractivity contribution in [2.24, 2.45) is 0 Å². The van der Waals surface area contributed by atoms with E-state index in [0.717, 1.165) is 0 Å². The number of pyridine rings is 1.